The van der Waals surface area contributed by atoms with Gasteiger partial charge in [-0.05, 0) is 60.3 Å². The first kappa shape index (κ1) is 23.1. The fraction of sp³-hybridized carbons (Fsp3) is 0.318. The Morgan fingerprint density at radius 2 is 2.06 bits per heavy atom. The molecule has 1 N–H and O–H groups in total. The number of halogens is 1. The minimum absolute atomic E-state index is 0.0679. The normalized spacial score (nSPS) is 18.4. The van der Waals surface area contributed by atoms with Crippen LogP contribution in [-0.2, 0) is 15.3 Å². The van der Waals surface area contributed by atoms with E-state index in [-0.39, 0.29) is 22.9 Å². The molecule has 0 radical (unpaired) electrons. The number of carbonyl (C=O) groups is 1. The quantitative estimate of drug-likeness (QED) is 0.586. The number of ether oxygens (including phenoxy) is 1. The van der Waals surface area contributed by atoms with E-state index in [1.165, 1.54) is 49.2 Å². The van der Waals surface area contributed by atoms with Gasteiger partial charge in [-0.3, -0.25) is 0 Å². The summed E-state index contributed by atoms with van der Waals surface area (Å²) in [6.45, 7) is 2.36. The number of hydrogen-bond acceptors (Lipinski definition) is 7. The fourth-order valence-electron chi connectivity index (χ4n) is 4.00. The van der Waals surface area contributed by atoms with E-state index < -0.39 is 21.3 Å². The first-order valence-corrected chi connectivity index (χ1v) is 12.8. The third kappa shape index (κ3) is 4.42. The highest BCUT2D eigenvalue weighted by Gasteiger charge is 2.45. The number of amides is 2. The number of nitrogens with zero attached hydrogens (tertiary/aromatic N) is 3. The first-order chi connectivity index (χ1) is 15.6. The average molecular weight is 491 g/mol. The Labute approximate surface area is 195 Å². The van der Waals surface area contributed by atoms with E-state index in [4.69, 9.17) is 4.74 Å². The van der Waals surface area contributed by atoms with Gasteiger partial charge < -0.3 is 15.0 Å². The van der Waals surface area contributed by atoms with Crippen molar-refractivity contribution < 1.29 is 22.3 Å². The molecule has 0 unspecified atom stereocenters. The fourth-order valence-corrected chi connectivity index (χ4v) is 5.40. The Morgan fingerprint density at radius 3 is 2.70 bits per heavy atom. The number of hydrogen-bond donors (Lipinski definition) is 1. The number of methoxy groups -OCH3 is 1. The molecular weight excluding hydrogens is 467 g/mol. The molecule has 8 nitrogen and oxygen atoms in total. The van der Waals surface area contributed by atoms with Gasteiger partial charge in [0.05, 0.1) is 23.1 Å². The van der Waals surface area contributed by atoms with Gasteiger partial charge in [0.15, 0.2) is 9.84 Å². The van der Waals surface area contributed by atoms with Crippen molar-refractivity contribution in [2.24, 2.45) is 0 Å². The van der Waals surface area contributed by atoms with Crippen LogP contribution >= 0.6 is 11.5 Å². The van der Waals surface area contributed by atoms with Crippen LogP contribution in [0.2, 0.25) is 0 Å². The molecule has 33 heavy (non-hydrogen) atoms. The smallest absolute Gasteiger partial charge is 0.321 e. The van der Waals surface area contributed by atoms with Crippen LogP contribution in [-0.4, -0.2) is 55.2 Å². The van der Waals surface area contributed by atoms with E-state index in [0.29, 0.717) is 29.3 Å². The highest BCUT2D eigenvalue weighted by atomic mass is 32.2. The second-order valence-corrected chi connectivity index (χ2v) is 10.8. The average Bonchev–Trinajstić information content (AvgIpc) is 3.46. The molecule has 0 saturated carbocycles. The lowest BCUT2D eigenvalue weighted by molar-refractivity contribution is 0.220. The summed E-state index contributed by atoms with van der Waals surface area (Å²) in [4.78, 5) is 19.2. The minimum atomic E-state index is -3.47. The third-order valence-electron chi connectivity index (χ3n) is 5.89. The van der Waals surface area contributed by atoms with Crippen molar-refractivity contribution in [3.8, 4) is 5.75 Å². The molecule has 1 fully saturated rings. The van der Waals surface area contributed by atoms with Gasteiger partial charge in [0.1, 0.15) is 22.9 Å². The van der Waals surface area contributed by atoms with Gasteiger partial charge in [-0.15, -0.1) is 0 Å². The number of anilines is 1. The molecule has 4 rings (SSSR count). The number of benzene rings is 2. The number of likely N-dealkylation sites (tertiary alicyclic amines) is 1. The van der Waals surface area contributed by atoms with Crippen molar-refractivity contribution in [1.29, 1.82) is 0 Å². The summed E-state index contributed by atoms with van der Waals surface area (Å²) in [5, 5.41) is 3.47. The maximum atomic E-state index is 14.4. The molecule has 1 aromatic heterocycles. The molecule has 0 spiro atoms. The zero-order valence-electron chi connectivity index (χ0n) is 18.3. The van der Waals surface area contributed by atoms with E-state index in [1.54, 1.807) is 17.9 Å². The van der Waals surface area contributed by atoms with Gasteiger partial charge in [0, 0.05) is 19.3 Å². The van der Waals surface area contributed by atoms with E-state index in [2.05, 4.69) is 14.7 Å². The Morgan fingerprint density at radius 1 is 1.27 bits per heavy atom. The van der Waals surface area contributed by atoms with Crippen LogP contribution in [0.25, 0.3) is 0 Å². The number of aryl methyl sites for hydroxylation is 1. The van der Waals surface area contributed by atoms with Gasteiger partial charge in [-0.2, -0.15) is 4.37 Å². The summed E-state index contributed by atoms with van der Waals surface area (Å²) >= 11 is 1.22. The van der Waals surface area contributed by atoms with Crippen LogP contribution in [0.5, 0.6) is 5.75 Å². The second kappa shape index (κ2) is 8.71. The minimum Gasteiger partial charge on any atom is -0.495 e. The Balaban J connectivity index is 1.64. The second-order valence-electron chi connectivity index (χ2n) is 8.03. The SMILES string of the molecule is COc1ccc(S(C)(=O)=O)cc1NC(=O)N1CC[C@@](c2ccc(C)c(F)c2)(c2ncns2)C1. The van der Waals surface area contributed by atoms with E-state index in [1.807, 2.05) is 6.07 Å². The summed E-state index contributed by atoms with van der Waals surface area (Å²) in [5.74, 6) is 0.0209. The molecule has 11 heteroatoms. The van der Waals surface area contributed by atoms with Crippen LogP contribution in [0.1, 0.15) is 22.6 Å². The lowest BCUT2D eigenvalue weighted by Gasteiger charge is -2.28. The lowest BCUT2D eigenvalue weighted by Crippen LogP contribution is -2.37. The van der Waals surface area contributed by atoms with Crippen molar-refractivity contribution in [1.82, 2.24) is 14.3 Å². The van der Waals surface area contributed by atoms with Crippen molar-refractivity contribution in [3.05, 3.63) is 64.7 Å². The molecule has 0 bridgehead atoms. The molecule has 2 amide bonds. The third-order valence-corrected chi connectivity index (χ3v) is 7.87. The number of rotatable bonds is 5. The molecule has 2 heterocycles. The molecule has 1 aliphatic rings. The Bertz CT molecular complexity index is 1300. The molecule has 1 aliphatic heterocycles. The monoisotopic (exact) mass is 490 g/mol. The van der Waals surface area contributed by atoms with E-state index >= 15 is 0 Å². The van der Waals surface area contributed by atoms with Crippen LogP contribution in [0.3, 0.4) is 0 Å². The molecule has 1 saturated heterocycles. The van der Waals surface area contributed by atoms with Crippen molar-refractivity contribution in [3.63, 3.8) is 0 Å². The molecule has 0 aliphatic carbocycles. The maximum Gasteiger partial charge on any atom is 0.321 e. The molecule has 1 atom stereocenters. The van der Waals surface area contributed by atoms with Crippen LogP contribution in [0, 0.1) is 12.7 Å². The Hall–Kier alpha value is -3.05. The van der Waals surface area contributed by atoms with Gasteiger partial charge in [0.2, 0.25) is 0 Å². The molecule has 3 aromatic rings. The van der Waals surface area contributed by atoms with Crippen molar-refractivity contribution in [2.75, 3.05) is 31.8 Å². The van der Waals surface area contributed by atoms with Gasteiger partial charge in [0.25, 0.3) is 0 Å². The zero-order chi connectivity index (χ0) is 23.8. The van der Waals surface area contributed by atoms with Crippen molar-refractivity contribution in [2.45, 2.75) is 23.7 Å². The predicted molar refractivity (Wildman–Crippen MR) is 123 cm³/mol. The number of aromatic nitrogens is 2. The van der Waals surface area contributed by atoms with Gasteiger partial charge in [-0.25, -0.2) is 22.6 Å². The number of nitrogens with one attached hydrogen (secondary N) is 1. The Kier molecular flexibility index (Phi) is 6.10. The summed E-state index contributed by atoms with van der Waals surface area (Å²) in [7, 11) is -2.03. The first-order valence-electron chi connectivity index (χ1n) is 10.1. The molecular formula is C22H23FN4O4S2. The zero-order valence-corrected chi connectivity index (χ0v) is 20.0. The predicted octanol–water partition coefficient (Wildman–Crippen LogP) is 3.62. The summed E-state index contributed by atoms with van der Waals surface area (Å²) in [5.41, 5.74) is 0.831. The number of carbonyl (C=O) groups excluding carboxylic acids is 1. The van der Waals surface area contributed by atoms with E-state index in [0.717, 1.165) is 11.8 Å². The van der Waals surface area contributed by atoms with Crippen LogP contribution < -0.4 is 10.1 Å². The van der Waals surface area contributed by atoms with Crippen molar-refractivity contribution >= 4 is 33.1 Å². The maximum absolute atomic E-state index is 14.4. The number of urea groups is 1. The summed E-state index contributed by atoms with van der Waals surface area (Å²) in [6, 6.07) is 8.95. The van der Waals surface area contributed by atoms with Crippen LogP contribution in [0.15, 0.2) is 47.6 Å². The summed E-state index contributed by atoms with van der Waals surface area (Å²) in [6.07, 6.45) is 3.09. The largest absolute Gasteiger partial charge is 0.495 e. The number of sulfone groups is 1. The molecule has 174 valence electrons. The van der Waals surface area contributed by atoms with Gasteiger partial charge in [-0.1, -0.05) is 12.1 Å². The van der Waals surface area contributed by atoms with Gasteiger partial charge >= 0.3 is 6.03 Å². The highest BCUT2D eigenvalue weighted by molar-refractivity contribution is 7.90. The lowest BCUT2D eigenvalue weighted by atomic mass is 9.80. The standard InChI is InChI=1S/C22H23FN4O4S2/c1-14-4-5-15(10-17(14)23)22(20-24-13-25-32-20)8-9-27(12-22)21(28)26-18-11-16(33(3,29)30)6-7-19(18)31-2/h4-7,10-11,13H,8-9,12H2,1-3H3,(H,26,28)/t22-/m1/s1. The molecule has 2 aromatic carbocycles. The topological polar surface area (TPSA) is 101 Å². The highest BCUT2D eigenvalue weighted by Crippen LogP contribution is 2.42. The van der Waals surface area contributed by atoms with E-state index in [9.17, 15) is 17.6 Å². The summed E-state index contributed by atoms with van der Waals surface area (Å²) < 4.78 is 47.7. The van der Waals surface area contributed by atoms with Crippen LogP contribution in [0.4, 0.5) is 14.9 Å².